The van der Waals surface area contributed by atoms with Crippen molar-refractivity contribution in [2.75, 3.05) is 0 Å². The van der Waals surface area contributed by atoms with Gasteiger partial charge in [0, 0.05) is 17.1 Å². The van der Waals surface area contributed by atoms with Crippen LogP contribution in [-0.4, -0.2) is 15.7 Å². The molecule has 5 aromatic rings. The Labute approximate surface area is 219 Å². The van der Waals surface area contributed by atoms with E-state index < -0.39 is 0 Å². The number of nitrogens with zero attached hydrogens (tertiary/aromatic N) is 2. The molecule has 182 valence electrons. The Bertz CT molecular complexity index is 1650. The second-order valence-electron chi connectivity index (χ2n) is 9.83. The van der Waals surface area contributed by atoms with Crippen LogP contribution in [0.1, 0.15) is 35.4 Å². The highest BCUT2D eigenvalue weighted by molar-refractivity contribution is 7.98. The molecule has 6 heteroatoms. The van der Waals surface area contributed by atoms with Crippen molar-refractivity contribution in [2.45, 2.75) is 50.8 Å². The fourth-order valence-electron chi connectivity index (χ4n) is 4.90. The summed E-state index contributed by atoms with van der Waals surface area (Å²) in [5, 5.41) is 3.95. The van der Waals surface area contributed by atoms with E-state index in [1.807, 2.05) is 16.7 Å². The van der Waals surface area contributed by atoms with Gasteiger partial charge >= 0.3 is 0 Å². The molecule has 1 aliphatic rings. The lowest BCUT2D eigenvalue weighted by atomic mass is 9.96. The standard InChI is InChI=1S/C30H28N2O2S2/c1-18(2)25-15-24-26(16-34-25)36-28-27(24)29(33)32(23-10-6-7-19(3)13-23)30(31-28)35-17-20-11-12-21-8-4-5-9-22(21)14-20/h4-14,18,25H,15-17H2,1-3H3/t25-/m1/s1. The van der Waals surface area contributed by atoms with Gasteiger partial charge < -0.3 is 4.74 Å². The van der Waals surface area contributed by atoms with E-state index in [4.69, 9.17) is 9.72 Å². The maximum absolute atomic E-state index is 14.1. The first-order valence-electron chi connectivity index (χ1n) is 12.3. The van der Waals surface area contributed by atoms with Crippen LogP contribution in [0.5, 0.6) is 0 Å². The van der Waals surface area contributed by atoms with E-state index in [1.165, 1.54) is 16.3 Å². The molecular formula is C30H28N2O2S2. The average molecular weight is 513 g/mol. The summed E-state index contributed by atoms with van der Waals surface area (Å²) in [6, 6.07) is 23.1. The molecule has 0 aliphatic carbocycles. The predicted octanol–water partition coefficient (Wildman–Crippen LogP) is 7.30. The second-order valence-corrected chi connectivity index (χ2v) is 11.9. The highest BCUT2D eigenvalue weighted by Crippen LogP contribution is 2.37. The maximum Gasteiger partial charge on any atom is 0.267 e. The minimum Gasteiger partial charge on any atom is -0.372 e. The molecule has 36 heavy (non-hydrogen) atoms. The van der Waals surface area contributed by atoms with E-state index in [0.717, 1.165) is 49.2 Å². The van der Waals surface area contributed by atoms with E-state index in [1.54, 1.807) is 23.1 Å². The zero-order chi connectivity index (χ0) is 24.8. The molecule has 2 aromatic heterocycles. The third-order valence-corrected chi connectivity index (χ3v) is 9.01. The normalized spacial score (nSPS) is 15.6. The van der Waals surface area contributed by atoms with Gasteiger partial charge in [0.2, 0.25) is 0 Å². The quantitative estimate of drug-likeness (QED) is 0.183. The van der Waals surface area contributed by atoms with Crippen molar-refractivity contribution in [3.63, 3.8) is 0 Å². The van der Waals surface area contributed by atoms with Crippen LogP contribution in [0.25, 0.3) is 26.7 Å². The number of benzene rings is 3. The van der Waals surface area contributed by atoms with Crippen molar-refractivity contribution < 1.29 is 4.74 Å². The lowest BCUT2D eigenvalue weighted by Gasteiger charge is -2.26. The molecule has 0 unspecified atom stereocenters. The molecule has 0 spiro atoms. The fraction of sp³-hybridized carbons (Fsp3) is 0.267. The summed E-state index contributed by atoms with van der Waals surface area (Å²) in [5.41, 5.74) is 4.34. The number of thioether (sulfide) groups is 1. The molecule has 3 aromatic carbocycles. The summed E-state index contributed by atoms with van der Waals surface area (Å²) in [7, 11) is 0. The van der Waals surface area contributed by atoms with Crippen molar-refractivity contribution in [3.05, 3.63) is 98.7 Å². The topological polar surface area (TPSA) is 44.1 Å². The molecule has 1 aliphatic heterocycles. The minimum atomic E-state index is 0.0218. The van der Waals surface area contributed by atoms with E-state index in [2.05, 4.69) is 75.4 Å². The third kappa shape index (κ3) is 4.27. The molecular weight excluding hydrogens is 484 g/mol. The Morgan fingerprint density at radius 3 is 2.72 bits per heavy atom. The van der Waals surface area contributed by atoms with Crippen LogP contribution in [0, 0.1) is 12.8 Å². The van der Waals surface area contributed by atoms with Gasteiger partial charge in [-0.25, -0.2) is 4.98 Å². The number of hydrogen-bond acceptors (Lipinski definition) is 5. The zero-order valence-electron chi connectivity index (χ0n) is 20.7. The second kappa shape index (κ2) is 9.51. The Kier molecular flexibility index (Phi) is 6.20. The summed E-state index contributed by atoms with van der Waals surface area (Å²) in [6.45, 7) is 6.96. The molecule has 0 amide bonds. The summed E-state index contributed by atoms with van der Waals surface area (Å²) in [4.78, 5) is 21.2. The average Bonchev–Trinajstić information content (AvgIpc) is 3.25. The van der Waals surface area contributed by atoms with Gasteiger partial charge in [-0.05, 0) is 52.4 Å². The number of aryl methyl sites for hydroxylation is 1. The number of thiophene rings is 1. The van der Waals surface area contributed by atoms with Crippen molar-refractivity contribution >= 4 is 44.1 Å². The monoisotopic (exact) mass is 512 g/mol. The number of ether oxygens (including phenoxy) is 1. The zero-order valence-corrected chi connectivity index (χ0v) is 22.3. The summed E-state index contributed by atoms with van der Waals surface area (Å²) >= 11 is 3.23. The molecule has 0 saturated heterocycles. The van der Waals surface area contributed by atoms with Crippen molar-refractivity contribution in [1.82, 2.24) is 9.55 Å². The van der Waals surface area contributed by atoms with Crippen molar-refractivity contribution in [1.29, 1.82) is 0 Å². The first-order chi connectivity index (χ1) is 17.5. The Morgan fingerprint density at radius 2 is 1.92 bits per heavy atom. The van der Waals surface area contributed by atoms with Crippen LogP contribution in [0.2, 0.25) is 0 Å². The highest BCUT2D eigenvalue weighted by atomic mass is 32.2. The lowest BCUT2D eigenvalue weighted by Crippen LogP contribution is -2.28. The Hall–Kier alpha value is -2.93. The van der Waals surface area contributed by atoms with E-state index in [-0.39, 0.29) is 11.7 Å². The van der Waals surface area contributed by atoms with Crippen molar-refractivity contribution in [2.24, 2.45) is 5.92 Å². The van der Waals surface area contributed by atoms with E-state index in [0.29, 0.717) is 12.5 Å². The SMILES string of the molecule is Cc1cccc(-n2c(SCc3ccc4ccccc4c3)nc3sc4c(c3c2=O)C[C@H](C(C)C)OC4)c1. The van der Waals surface area contributed by atoms with Crippen LogP contribution < -0.4 is 5.56 Å². The van der Waals surface area contributed by atoms with Gasteiger partial charge in [0.25, 0.3) is 5.56 Å². The van der Waals surface area contributed by atoms with Gasteiger partial charge in [0.05, 0.1) is 23.8 Å². The van der Waals surface area contributed by atoms with Crippen LogP contribution in [0.3, 0.4) is 0 Å². The molecule has 0 radical (unpaired) electrons. The Morgan fingerprint density at radius 1 is 1.08 bits per heavy atom. The van der Waals surface area contributed by atoms with Crippen LogP contribution in [0.15, 0.2) is 76.7 Å². The maximum atomic E-state index is 14.1. The van der Waals surface area contributed by atoms with Gasteiger partial charge in [-0.2, -0.15) is 0 Å². The molecule has 1 atom stereocenters. The van der Waals surface area contributed by atoms with Gasteiger partial charge in [0.1, 0.15) is 4.83 Å². The van der Waals surface area contributed by atoms with Gasteiger partial charge in [-0.3, -0.25) is 9.36 Å². The first kappa shape index (κ1) is 23.5. The van der Waals surface area contributed by atoms with Crippen LogP contribution in [0.4, 0.5) is 0 Å². The van der Waals surface area contributed by atoms with Crippen molar-refractivity contribution in [3.8, 4) is 5.69 Å². The number of rotatable bonds is 5. The van der Waals surface area contributed by atoms with Crippen LogP contribution in [-0.2, 0) is 23.5 Å². The molecule has 0 saturated carbocycles. The van der Waals surface area contributed by atoms with Gasteiger partial charge in [0.15, 0.2) is 5.16 Å². The predicted molar refractivity (Wildman–Crippen MR) is 151 cm³/mol. The summed E-state index contributed by atoms with van der Waals surface area (Å²) < 4.78 is 7.92. The highest BCUT2D eigenvalue weighted by Gasteiger charge is 2.28. The van der Waals surface area contributed by atoms with Gasteiger partial charge in [-0.1, -0.05) is 80.2 Å². The molecule has 6 rings (SSSR count). The number of aromatic nitrogens is 2. The first-order valence-corrected chi connectivity index (χ1v) is 14.1. The number of hydrogen-bond donors (Lipinski definition) is 0. The van der Waals surface area contributed by atoms with E-state index >= 15 is 0 Å². The molecule has 0 N–H and O–H groups in total. The minimum absolute atomic E-state index is 0.0218. The molecule has 0 fully saturated rings. The summed E-state index contributed by atoms with van der Waals surface area (Å²) in [5.74, 6) is 1.13. The molecule has 3 heterocycles. The lowest BCUT2D eigenvalue weighted by molar-refractivity contribution is 0.00200. The molecule has 0 bridgehead atoms. The smallest absolute Gasteiger partial charge is 0.267 e. The van der Waals surface area contributed by atoms with Gasteiger partial charge in [-0.15, -0.1) is 11.3 Å². The molecule has 4 nitrogen and oxygen atoms in total. The van der Waals surface area contributed by atoms with E-state index in [9.17, 15) is 4.79 Å². The fourth-order valence-corrected chi connectivity index (χ4v) is 7.02. The van der Waals surface area contributed by atoms with Crippen LogP contribution >= 0.6 is 23.1 Å². The third-order valence-electron chi connectivity index (χ3n) is 6.90. The Balaban J connectivity index is 1.46. The number of fused-ring (bicyclic) bond motifs is 4. The largest absolute Gasteiger partial charge is 0.372 e. The summed E-state index contributed by atoms with van der Waals surface area (Å²) in [6.07, 6.45) is 0.894.